The van der Waals surface area contributed by atoms with Gasteiger partial charge in [0.25, 0.3) is 0 Å². The van der Waals surface area contributed by atoms with Crippen LogP contribution in [0.3, 0.4) is 0 Å². The summed E-state index contributed by atoms with van der Waals surface area (Å²) in [4.78, 5) is 3.43. The van der Waals surface area contributed by atoms with E-state index in [1.807, 2.05) is 30.3 Å². The maximum atomic E-state index is 10.1. The van der Waals surface area contributed by atoms with Crippen molar-refractivity contribution in [2.45, 2.75) is 39.0 Å². The summed E-state index contributed by atoms with van der Waals surface area (Å²) in [6.45, 7) is 2.93. The van der Waals surface area contributed by atoms with Crippen molar-refractivity contribution in [1.29, 1.82) is 0 Å². The standard InChI is InChI=1S/C18H23BN2O4/c1-12(22)21(13(2)23)25-19(24)11-10-14-6-5-8-16-15-7-3-4-9-17(15)20-18(14)16/h3-9,12-13,20,22-24H,10-11H2,1-2H3. The summed E-state index contributed by atoms with van der Waals surface area (Å²) in [7, 11) is -1.12. The molecule has 0 saturated heterocycles. The van der Waals surface area contributed by atoms with Gasteiger partial charge < -0.3 is 25.0 Å². The molecule has 3 aromatic rings. The first-order valence-corrected chi connectivity index (χ1v) is 8.45. The Morgan fingerprint density at radius 3 is 2.44 bits per heavy atom. The van der Waals surface area contributed by atoms with Crippen LogP contribution >= 0.6 is 0 Å². The number of hydroxylamine groups is 2. The molecule has 0 radical (unpaired) electrons. The monoisotopic (exact) mass is 342 g/mol. The van der Waals surface area contributed by atoms with E-state index in [1.54, 1.807) is 0 Å². The lowest BCUT2D eigenvalue weighted by molar-refractivity contribution is -0.246. The van der Waals surface area contributed by atoms with Gasteiger partial charge in [-0.25, -0.2) is 0 Å². The molecule has 3 rings (SSSR count). The number of hydrogen-bond donors (Lipinski definition) is 4. The number of para-hydroxylation sites is 2. The highest BCUT2D eigenvalue weighted by Gasteiger charge is 2.24. The van der Waals surface area contributed by atoms with Gasteiger partial charge in [0.2, 0.25) is 0 Å². The molecular weight excluding hydrogens is 319 g/mol. The van der Waals surface area contributed by atoms with Gasteiger partial charge in [-0.05, 0) is 38.2 Å². The molecule has 4 N–H and O–H groups in total. The van der Waals surface area contributed by atoms with Crippen LogP contribution in [0.5, 0.6) is 0 Å². The van der Waals surface area contributed by atoms with Crippen molar-refractivity contribution in [3.8, 4) is 0 Å². The molecule has 132 valence electrons. The second-order valence-corrected chi connectivity index (χ2v) is 6.23. The minimum absolute atomic E-state index is 0.338. The molecule has 2 atom stereocenters. The lowest BCUT2D eigenvalue weighted by Crippen LogP contribution is -2.44. The molecule has 0 aliphatic carbocycles. The van der Waals surface area contributed by atoms with Crippen LogP contribution < -0.4 is 0 Å². The van der Waals surface area contributed by atoms with E-state index in [0.717, 1.165) is 27.0 Å². The molecule has 1 heterocycles. The molecule has 25 heavy (non-hydrogen) atoms. The first-order chi connectivity index (χ1) is 12.0. The highest BCUT2D eigenvalue weighted by atomic mass is 16.7. The Bertz CT molecular complexity index is 841. The van der Waals surface area contributed by atoms with Gasteiger partial charge in [0.1, 0.15) is 12.5 Å². The number of aromatic amines is 1. The largest absolute Gasteiger partial charge is 0.472 e. The van der Waals surface area contributed by atoms with E-state index in [0.29, 0.717) is 12.7 Å². The molecule has 1 aromatic heterocycles. The van der Waals surface area contributed by atoms with Crippen molar-refractivity contribution < 1.29 is 20.0 Å². The lowest BCUT2D eigenvalue weighted by Gasteiger charge is -2.28. The van der Waals surface area contributed by atoms with Crippen LogP contribution in [0.1, 0.15) is 19.4 Å². The Morgan fingerprint density at radius 1 is 1.04 bits per heavy atom. The van der Waals surface area contributed by atoms with Crippen molar-refractivity contribution in [3.05, 3.63) is 48.0 Å². The topological polar surface area (TPSA) is 89.0 Å². The molecule has 0 bridgehead atoms. The zero-order chi connectivity index (χ0) is 18.0. The number of aromatic nitrogens is 1. The third-order valence-electron chi connectivity index (χ3n) is 4.27. The van der Waals surface area contributed by atoms with Gasteiger partial charge in [0, 0.05) is 21.8 Å². The Labute approximate surface area is 146 Å². The first-order valence-electron chi connectivity index (χ1n) is 8.45. The molecule has 0 fully saturated rings. The molecule has 6 nitrogen and oxygen atoms in total. The third kappa shape index (κ3) is 3.86. The molecule has 7 heteroatoms. The predicted octanol–water partition coefficient (Wildman–Crippen LogP) is 2.25. The summed E-state index contributed by atoms with van der Waals surface area (Å²) in [5.41, 5.74) is 3.21. The Morgan fingerprint density at radius 2 is 1.72 bits per heavy atom. The van der Waals surface area contributed by atoms with Crippen molar-refractivity contribution in [2.75, 3.05) is 0 Å². The maximum absolute atomic E-state index is 10.1. The zero-order valence-corrected chi connectivity index (χ0v) is 14.4. The van der Waals surface area contributed by atoms with Crippen LogP contribution in [0, 0.1) is 0 Å². The number of rotatable bonds is 7. The number of nitrogens with one attached hydrogen (secondary N) is 1. The highest BCUT2D eigenvalue weighted by Crippen LogP contribution is 2.28. The van der Waals surface area contributed by atoms with Gasteiger partial charge in [-0.2, -0.15) is 0 Å². The molecule has 0 aliphatic heterocycles. The average Bonchev–Trinajstić information content (AvgIpc) is 2.96. The summed E-state index contributed by atoms with van der Waals surface area (Å²) in [5.74, 6) is 0. The van der Waals surface area contributed by atoms with E-state index in [-0.39, 0.29) is 0 Å². The van der Waals surface area contributed by atoms with Gasteiger partial charge in [0.05, 0.1) is 0 Å². The van der Waals surface area contributed by atoms with E-state index in [4.69, 9.17) is 4.76 Å². The molecule has 0 saturated carbocycles. The first kappa shape index (κ1) is 17.9. The summed E-state index contributed by atoms with van der Waals surface area (Å²) in [6, 6.07) is 14.2. The number of aliphatic hydroxyl groups is 2. The number of hydrogen-bond acceptors (Lipinski definition) is 5. The number of benzene rings is 2. The third-order valence-corrected chi connectivity index (χ3v) is 4.27. The van der Waals surface area contributed by atoms with Crippen LogP contribution in [0.4, 0.5) is 0 Å². The van der Waals surface area contributed by atoms with Crippen LogP contribution in [0.25, 0.3) is 21.8 Å². The van der Waals surface area contributed by atoms with E-state index < -0.39 is 19.6 Å². The van der Waals surface area contributed by atoms with E-state index in [1.165, 1.54) is 19.2 Å². The van der Waals surface area contributed by atoms with Crippen LogP contribution in [0.2, 0.25) is 6.32 Å². The number of aliphatic hydroxyl groups excluding tert-OH is 2. The highest BCUT2D eigenvalue weighted by molar-refractivity contribution is 6.42. The quantitative estimate of drug-likeness (QED) is 0.300. The number of nitrogens with zero attached hydrogens (tertiary/aromatic N) is 1. The van der Waals surface area contributed by atoms with Crippen LogP contribution in [0.15, 0.2) is 42.5 Å². The van der Waals surface area contributed by atoms with Crippen LogP contribution in [-0.4, -0.2) is 44.9 Å². The van der Waals surface area contributed by atoms with Gasteiger partial charge >= 0.3 is 7.12 Å². The molecule has 2 unspecified atom stereocenters. The predicted molar refractivity (Wildman–Crippen MR) is 98.6 cm³/mol. The fraction of sp³-hybridized carbons (Fsp3) is 0.333. The Hall–Kier alpha value is -1.90. The SMILES string of the molecule is CC(O)N(OB(O)CCc1cccc2c1[nH]c1ccccc12)C(C)O. The lowest BCUT2D eigenvalue weighted by atomic mass is 9.82. The minimum Gasteiger partial charge on any atom is -0.426 e. The maximum Gasteiger partial charge on any atom is 0.472 e. The normalized spacial score (nSPS) is 14.3. The van der Waals surface area contributed by atoms with Crippen molar-refractivity contribution >= 4 is 28.9 Å². The van der Waals surface area contributed by atoms with E-state index in [2.05, 4.69) is 17.1 Å². The molecule has 0 spiro atoms. The second-order valence-electron chi connectivity index (χ2n) is 6.23. The van der Waals surface area contributed by atoms with Gasteiger partial charge in [0.15, 0.2) is 0 Å². The van der Waals surface area contributed by atoms with Gasteiger partial charge in [-0.15, -0.1) is 5.06 Å². The molecule has 2 aromatic carbocycles. The summed E-state index contributed by atoms with van der Waals surface area (Å²) in [5, 5.41) is 32.5. The zero-order valence-electron chi connectivity index (χ0n) is 14.4. The fourth-order valence-corrected chi connectivity index (χ4v) is 3.10. The summed E-state index contributed by atoms with van der Waals surface area (Å²) >= 11 is 0. The average molecular weight is 342 g/mol. The van der Waals surface area contributed by atoms with Gasteiger partial charge in [-0.1, -0.05) is 36.4 Å². The van der Waals surface area contributed by atoms with Crippen molar-refractivity contribution in [3.63, 3.8) is 0 Å². The van der Waals surface area contributed by atoms with Crippen molar-refractivity contribution in [2.24, 2.45) is 0 Å². The van der Waals surface area contributed by atoms with Gasteiger partial charge in [-0.3, -0.25) is 0 Å². The summed E-state index contributed by atoms with van der Waals surface area (Å²) < 4.78 is 5.24. The van der Waals surface area contributed by atoms with Crippen molar-refractivity contribution in [1.82, 2.24) is 10.0 Å². The fourth-order valence-electron chi connectivity index (χ4n) is 3.10. The second kappa shape index (κ2) is 7.55. The number of fused-ring (bicyclic) bond motifs is 3. The Balaban J connectivity index is 1.75. The molecular formula is C18H23BN2O4. The number of H-pyrrole nitrogens is 1. The van der Waals surface area contributed by atoms with Crippen LogP contribution in [-0.2, 0) is 11.2 Å². The minimum atomic E-state index is -1.12. The number of aryl methyl sites for hydroxylation is 1. The molecule has 0 aliphatic rings. The van der Waals surface area contributed by atoms with E-state index in [9.17, 15) is 15.2 Å². The summed E-state index contributed by atoms with van der Waals surface area (Å²) in [6.07, 6.45) is -1.11. The van der Waals surface area contributed by atoms with E-state index >= 15 is 0 Å². The smallest absolute Gasteiger partial charge is 0.426 e. The Kier molecular flexibility index (Phi) is 5.41. The molecule has 0 amide bonds.